The van der Waals surface area contributed by atoms with Crippen molar-refractivity contribution in [1.82, 2.24) is 9.88 Å². The number of hydrogen-bond donors (Lipinski definition) is 1. The van der Waals surface area contributed by atoms with Gasteiger partial charge in [-0.05, 0) is 44.9 Å². The smallest absolute Gasteiger partial charge is 0.0936 e. The van der Waals surface area contributed by atoms with Crippen LogP contribution in [0.5, 0.6) is 0 Å². The fraction of sp³-hybridized carbons (Fsp3) is 0.471. The minimum atomic E-state index is 0.588. The maximum Gasteiger partial charge on any atom is 0.0936 e. The van der Waals surface area contributed by atoms with Gasteiger partial charge >= 0.3 is 0 Å². The minimum absolute atomic E-state index is 0.588. The summed E-state index contributed by atoms with van der Waals surface area (Å²) in [5, 5.41) is 5.00. The van der Waals surface area contributed by atoms with E-state index in [1.165, 1.54) is 43.4 Å². The van der Waals surface area contributed by atoms with Crippen molar-refractivity contribution in [3.63, 3.8) is 0 Å². The molecule has 3 heteroatoms. The van der Waals surface area contributed by atoms with Gasteiger partial charge in [-0.3, -0.25) is 9.88 Å². The number of aromatic nitrogens is 1. The minimum Gasteiger partial charge on any atom is -0.379 e. The Kier molecular flexibility index (Phi) is 2.88. The van der Waals surface area contributed by atoms with Gasteiger partial charge < -0.3 is 5.32 Å². The summed E-state index contributed by atoms with van der Waals surface area (Å²) in [7, 11) is 0. The first-order chi connectivity index (χ1) is 9.81. The van der Waals surface area contributed by atoms with Crippen molar-refractivity contribution in [3.05, 3.63) is 36.0 Å². The van der Waals surface area contributed by atoms with Crippen LogP contribution >= 0.6 is 0 Å². The second-order valence-electron chi connectivity index (χ2n) is 6.11. The van der Waals surface area contributed by atoms with Crippen LogP contribution in [0.4, 0.5) is 5.69 Å². The summed E-state index contributed by atoms with van der Waals surface area (Å²) in [5.41, 5.74) is 3.40. The summed E-state index contributed by atoms with van der Waals surface area (Å²) < 4.78 is 0. The zero-order valence-electron chi connectivity index (χ0n) is 12.0. The van der Waals surface area contributed by atoms with Crippen molar-refractivity contribution in [1.29, 1.82) is 0 Å². The van der Waals surface area contributed by atoms with E-state index in [9.17, 15) is 0 Å². The number of para-hydroxylation sites is 1. The van der Waals surface area contributed by atoms with Crippen LogP contribution in [-0.2, 0) is 0 Å². The van der Waals surface area contributed by atoms with Gasteiger partial charge in [0.25, 0.3) is 0 Å². The highest BCUT2D eigenvalue weighted by Gasteiger charge is 2.37. The Morgan fingerprint density at radius 2 is 2.10 bits per heavy atom. The molecule has 4 rings (SSSR count). The third-order valence-electron chi connectivity index (χ3n) is 4.81. The van der Waals surface area contributed by atoms with Gasteiger partial charge in [-0.2, -0.15) is 0 Å². The van der Waals surface area contributed by atoms with Gasteiger partial charge in [0.15, 0.2) is 0 Å². The summed E-state index contributed by atoms with van der Waals surface area (Å²) >= 11 is 0. The molecule has 1 aromatic carbocycles. The van der Waals surface area contributed by atoms with E-state index in [-0.39, 0.29) is 0 Å². The first-order valence-corrected chi connectivity index (χ1v) is 7.68. The number of nitrogens with zero attached hydrogens (tertiary/aromatic N) is 2. The summed E-state index contributed by atoms with van der Waals surface area (Å²) in [5.74, 6) is 0. The maximum absolute atomic E-state index is 4.73. The molecule has 2 aliphatic heterocycles. The van der Waals surface area contributed by atoms with E-state index >= 15 is 0 Å². The first kappa shape index (κ1) is 12.2. The molecule has 2 aliphatic rings. The normalized spacial score (nSPS) is 26.1. The van der Waals surface area contributed by atoms with Crippen molar-refractivity contribution in [2.45, 2.75) is 38.3 Å². The standard InChI is InChI=1S/C17H21N3/c1-12-7-8-13-4-2-5-15(17(13)18-12)19-14-9-11-20-10-3-6-16(14)20/h2,4-5,7-8,14,16,19H,3,6,9-11H2,1H3. The van der Waals surface area contributed by atoms with Gasteiger partial charge in [0.05, 0.1) is 11.2 Å². The molecule has 2 atom stereocenters. The molecule has 1 aromatic heterocycles. The monoisotopic (exact) mass is 267 g/mol. The van der Waals surface area contributed by atoms with E-state index in [4.69, 9.17) is 4.98 Å². The van der Waals surface area contributed by atoms with Crippen molar-refractivity contribution >= 4 is 16.6 Å². The quantitative estimate of drug-likeness (QED) is 0.905. The molecule has 0 radical (unpaired) electrons. The van der Waals surface area contributed by atoms with Crippen LogP contribution in [0, 0.1) is 6.92 Å². The van der Waals surface area contributed by atoms with Gasteiger partial charge in [-0.25, -0.2) is 0 Å². The molecule has 0 saturated carbocycles. The Bertz CT molecular complexity index is 637. The lowest BCUT2D eigenvalue weighted by molar-refractivity contribution is 0.318. The van der Waals surface area contributed by atoms with E-state index in [2.05, 4.69) is 47.5 Å². The maximum atomic E-state index is 4.73. The molecular weight excluding hydrogens is 246 g/mol. The Hall–Kier alpha value is -1.61. The summed E-state index contributed by atoms with van der Waals surface area (Å²) in [4.78, 5) is 7.37. The predicted molar refractivity (Wildman–Crippen MR) is 83.1 cm³/mol. The van der Waals surface area contributed by atoms with Gasteiger partial charge in [-0.1, -0.05) is 18.2 Å². The second kappa shape index (κ2) is 4.74. The van der Waals surface area contributed by atoms with Crippen molar-refractivity contribution in [2.75, 3.05) is 18.4 Å². The zero-order valence-corrected chi connectivity index (χ0v) is 12.0. The lowest BCUT2D eigenvalue weighted by atomic mass is 10.1. The number of nitrogens with one attached hydrogen (secondary N) is 1. The molecule has 104 valence electrons. The third-order valence-corrected chi connectivity index (χ3v) is 4.81. The largest absolute Gasteiger partial charge is 0.379 e. The van der Waals surface area contributed by atoms with Crippen LogP contribution in [0.15, 0.2) is 30.3 Å². The Balaban J connectivity index is 1.67. The Morgan fingerprint density at radius 1 is 1.15 bits per heavy atom. The number of hydrogen-bond acceptors (Lipinski definition) is 3. The Morgan fingerprint density at radius 3 is 3.05 bits per heavy atom. The second-order valence-corrected chi connectivity index (χ2v) is 6.11. The van der Waals surface area contributed by atoms with Crippen LogP contribution < -0.4 is 5.32 Å². The number of fused-ring (bicyclic) bond motifs is 2. The summed E-state index contributed by atoms with van der Waals surface area (Å²) in [6.07, 6.45) is 3.96. The van der Waals surface area contributed by atoms with Crippen LogP contribution in [0.3, 0.4) is 0 Å². The fourth-order valence-electron chi connectivity index (χ4n) is 3.81. The van der Waals surface area contributed by atoms with Crippen molar-refractivity contribution < 1.29 is 0 Å². The molecule has 2 unspecified atom stereocenters. The molecule has 0 bridgehead atoms. The third kappa shape index (κ3) is 1.97. The highest BCUT2D eigenvalue weighted by Crippen LogP contribution is 2.31. The van der Waals surface area contributed by atoms with Crippen LogP contribution in [0.2, 0.25) is 0 Å². The highest BCUT2D eigenvalue weighted by atomic mass is 15.2. The fourth-order valence-corrected chi connectivity index (χ4v) is 3.81. The van der Waals surface area contributed by atoms with Crippen molar-refractivity contribution in [2.24, 2.45) is 0 Å². The van der Waals surface area contributed by atoms with Crippen LogP contribution in [0.1, 0.15) is 25.0 Å². The average molecular weight is 267 g/mol. The summed E-state index contributed by atoms with van der Waals surface area (Å²) in [6, 6.07) is 12.0. The van der Waals surface area contributed by atoms with Crippen LogP contribution in [0.25, 0.3) is 10.9 Å². The molecule has 0 aliphatic carbocycles. The average Bonchev–Trinajstić information content (AvgIpc) is 3.04. The van der Waals surface area contributed by atoms with Gasteiger partial charge in [-0.15, -0.1) is 0 Å². The Labute approximate surface area is 120 Å². The van der Waals surface area contributed by atoms with Gasteiger partial charge in [0, 0.05) is 29.7 Å². The van der Waals surface area contributed by atoms with Crippen molar-refractivity contribution in [3.8, 4) is 0 Å². The number of rotatable bonds is 2. The molecule has 3 nitrogen and oxygen atoms in total. The topological polar surface area (TPSA) is 28.2 Å². The van der Waals surface area contributed by atoms with E-state index in [1.807, 2.05) is 0 Å². The molecule has 0 amide bonds. The molecule has 20 heavy (non-hydrogen) atoms. The molecule has 2 fully saturated rings. The zero-order chi connectivity index (χ0) is 13.5. The molecule has 0 spiro atoms. The van der Waals surface area contributed by atoms with Gasteiger partial charge in [0.2, 0.25) is 0 Å². The molecule has 2 saturated heterocycles. The predicted octanol–water partition coefficient (Wildman–Crippen LogP) is 3.19. The van der Waals surface area contributed by atoms with E-state index < -0.39 is 0 Å². The first-order valence-electron chi connectivity index (χ1n) is 7.68. The molecule has 2 aromatic rings. The number of aryl methyl sites for hydroxylation is 1. The number of benzene rings is 1. The summed E-state index contributed by atoms with van der Waals surface area (Å²) in [6.45, 7) is 4.60. The van der Waals surface area contributed by atoms with Crippen LogP contribution in [-0.4, -0.2) is 35.1 Å². The van der Waals surface area contributed by atoms with Gasteiger partial charge in [0.1, 0.15) is 0 Å². The number of anilines is 1. The van der Waals surface area contributed by atoms with E-state index in [1.54, 1.807) is 0 Å². The highest BCUT2D eigenvalue weighted by molar-refractivity contribution is 5.90. The molecular formula is C17H21N3. The lowest BCUT2D eigenvalue weighted by Crippen LogP contribution is -2.33. The van der Waals surface area contributed by atoms with E-state index in [0.717, 1.165) is 17.3 Å². The lowest BCUT2D eigenvalue weighted by Gasteiger charge is -2.22. The molecule has 3 heterocycles. The number of pyridine rings is 1. The van der Waals surface area contributed by atoms with E-state index in [0.29, 0.717) is 6.04 Å². The molecule has 1 N–H and O–H groups in total. The SMILES string of the molecule is Cc1ccc2cccc(NC3CCN4CCCC34)c2n1.